The molecule has 2 aliphatic rings. The molecular weight excluding hydrogens is 503 g/mol. The zero-order valence-electron chi connectivity index (χ0n) is 23.1. The molecule has 0 spiro atoms. The summed E-state index contributed by atoms with van der Waals surface area (Å²) in [5, 5.41) is 9.13. The molecule has 0 aliphatic carbocycles. The lowest BCUT2D eigenvalue weighted by Crippen LogP contribution is -2.35. The summed E-state index contributed by atoms with van der Waals surface area (Å²) < 4.78 is 32.8. The minimum absolute atomic E-state index is 0.0633. The third-order valence-corrected chi connectivity index (χ3v) is 7.35. The van der Waals surface area contributed by atoms with Crippen molar-refractivity contribution >= 4 is 22.7 Å². The Morgan fingerprint density at radius 1 is 1.23 bits per heavy atom. The van der Waals surface area contributed by atoms with Crippen LogP contribution in [0.15, 0.2) is 18.2 Å². The number of anilines is 1. The average molecular weight is 541 g/mol. The lowest BCUT2D eigenvalue weighted by atomic mass is 9.96. The number of morpholine rings is 1. The largest absolute Gasteiger partial charge is 0.461 e. The number of pyridine rings is 2. The van der Waals surface area contributed by atoms with Gasteiger partial charge < -0.3 is 24.4 Å². The van der Waals surface area contributed by atoms with Gasteiger partial charge >= 0.3 is 5.97 Å². The monoisotopic (exact) mass is 540 g/mol. The SMILES string of the molecule is CCOC(=O)c1cc(N2CCC(COC)CC2)c2c(C(C)C)nn(-c3cc(F)nc(C4COCCN4)c3)c2n1. The van der Waals surface area contributed by atoms with Crippen LogP contribution in [0.3, 0.4) is 0 Å². The molecule has 0 radical (unpaired) electrons. The third-order valence-electron chi connectivity index (χ3n) is 7.35. The number of hydrogen-bond acceptors (Lipinski definition) is 9. The highest BCUT2D eigenvalue weighted by molar-refractivity contribution is 5.99. The van der Waals surface area contributed by atoms with E-state index < -0.39 is 11.9 Å². The molecule has 210 valence electrons. The van der Waals surface area contributed by atoms with Crippen LogP contribution in [0.1, 0.15) is 67.4 Å². The number of aromatic nitrogens is 4. The maximum Gasteiger partial charge on any atom is 0.357 e. The summed E-state index contributed by atoms with van der Waals surface area (Å²) in [6.45, 7) is 10.2. The molecule has 1 unspecified atom stereocenters. The van der Waals surface area contributed by atoms with Crippen molar-refractivity contribution in [1.29, 1.82) is 0 Å². The topological polar surface area (TPSA) is 104 Å². The van der Waals surface area contributed by atoms with Gasteiger partial charge in [-0.05, 0) is 43.7 Å². The molecule has 2 aliphatic heterocycles. The molecule has 2 fully saturated rings. The van der Waals surface area contributed by atoms with Crippen molar-refractivity contribution in [3.05, 3.63) is 41.2 Å². The van der Waals surface area contributed by atoms with Crippen molar-refractivity contribution in [1.82, 2.24) is 25.1 Å². The molecule has 1 atom stereocenters. The number of rotatable bonds is 8. The number of halogens is 1. The first kappa shape index (κ1) is 27.4. The Kier molecular flexibility index (Phi) is 8.39. The number of hydrogen-bond donors (Lipinski definition) is 1. The Morgan fingerprint density at radius 3 is 2.69 bits per heavy atom. The van der Waals surface area contributed by atoms with Crippen LogP contribution in [-0.4, -0.2) is 78.9 Å². The fraction of sp³-hybridized carbons (Fsp3) is 0.571. The van der Waals surface area contributed by atoms with Gasteiger partial charge in [0, 0.05) is 39.4 Å². The van der Waals surface area contributed by atoms with Crippen molar-refractivity contribution in [2.45, 2.75) is 45.6 Å². The number of methoxy groups -OCH3 is 1. The van der Waals surface area contributed by atoms with Gasteiger partial charge in [0.15, 0.2) is 11.3 Å². The van der Waals surface area contributed by atoms with E-state index in [1.54, 1.807) is 24.8 Å². The summed E-state index contributed by atoms with van der Waals surface area (Å²) in [5.41, 5.74) is 3.43. The van der Waals surface area contributed by atoms with Crippen molar-refractivity contribution in [3.63, 3.8) is 0 Å². The summed E-state index contributed by atoms with van der Waals surface area (Å²) in [6, 6.07) is 4.74. The average Bonchev–Trinajstić information content (AvgIpc) is 3.34. The van der Waals surface area contributed by atoms with E-state index in [2.05, 4.69) is 29.0 Å². The molecule has 0 amide bonds. The third kappa shape index (κ3) is 5.75. The summed E-state index contributed by atoms with van der Waals surface area (Å²) in [7, 11) is 1.73. The molecule has 11 heteroatoms. The van der Waals surface area contributed by atoms with Gasteiger partial charge in [0.1, 0.15) is 0 Å². The predicted molar refractivity (Wildman–Crippen MR) is 145 cm³/mol. The number of esters is 1. The number of fused-ring (bicyclic) bond motifs is 1. The van der Waals surface area contributed by atoms with Gasteiger partial charge in [0.25, 0.3) is 0 Å². The van der Waals surface area contributed by atoms with Crippen LogP contribution in [0, 0.1) is 11.9 Å². The van der Waals surface area contributed by atoms with Crippen molar-refractivity contribution in [3.8, 4) is 5.69 Å². The van der Waals surface area contributed by atoms with Crippen LogP contribution in [0.25, 0.3) is 16.7 Å². The molecule has 5 heterocycles. The zero-order valence-corrected chi connectivity index (χ0v) is 23.1. The van der Waals surface area contributed by atoms with Crippen LogP contribution in [-0.2, 0) is 14.2 Å². The number of piperidine rings is 1. The molecule has 3 aromatic heterocycles. The van der Waals surface area contributed by atoms with Gasteiger partial charge in [-0.15, -0.1) is 0 Å². The summed E-state index contributed by atoms with van der Waals surface area (Å²) in [5.74, 6) is -0.560. The highest BCUT2D eigenvalue weighted by atomic mass is 19.1. The fourth-order valence-electron chi connectivity index (χ4n) is 5.40. The maximum atomic E-state index is 14.9. The predicted octanol–water partition coefficient (Wildman–Crippen LogP) is 3.78. The van der Waals surface area contributed by atoms with Gasteiger partial charge in [0.2, 0.25) is 5.95 Å². The van der Waals surface area contributed by atoms with Crippen LogP contribution in [0.4, 0.5) is 10.1 Å². The summed E-state index contributed by atoms with van der Waals surface area (Å²) in [4.78, 5) is 24.1. The van der Waals surface area contributed by atoms with Crippen LogP contribution in [0.5, 0.6) is 0 Å². The van der Waals surface area contributed by atoms with Gasteiger partial charge in [-0.1, -0.05) is 13.8 Å². The number of nitrogens with zero attached hydrogens (tertiary/aromatic N) is 5. The van der Waals surface area contributed by atoms with Crippen LogP contribution < -0.4 is 10.2 Å². The molecule has 39 heavy (non-hydrogen) atoms. The Balaban J connectivity index is 1.66. The second-order valence-corrected chi connectivity index (χ2v) is 10.4. The van der Waals surface area contributed by atoms with Crippen molar-refractivity contribution in [2.75, 3.05) is 58.1 Å². The molecule has 2 saturated heterocycles. The second kappa shape index (κ2) is 11.9. The van der Waals surface area contributed by atoms with E-state index in [9.17, 15) is 9.18 Å². The Morgan fingerprint density at radius 2 is 2.03 bits per heavy atom. The van der Waals surface area contributed by atoms with Gasteiger partial charge in [-0.2, -0.15) is 9.49 Å². The Hall–Kier alpha value is -3.15. The normalized spacial score (nSPS) is 18.7. The van der Waals surface area contributed by atoms with E-state index >= 15 is 0 Å². The maximum absolute atomic E-state index is 14.9. The first-order valence-corrected chi connectivity index (χ1v) is 13.7. The zero-order chi connectivity index (χ0) is 27.5. The second-order valence-electron chi connectivity index (χ2n) is 10.4. The van der Waals surface area contributed by atoms with E-state index in [0.717, 1.165) is 49.3 Å². The highest BCUT2D eigenvalue weighted by Gasteiger charge is 2.28. The Bertz CT molecular complexity index is 1320. The van der Waals surface area contributed by atoms with Crippen molar-refractivity contribution in [2.24, 2.45) is 5.92 Å². The minimum Gasteiger partial charge on any atom is -0.461 e. The van der Waals surface area contributed by atoms with Crippen LogP contribution in [0.2, 0.25) is 0 Å². The highest BCUT2D eigenvalue weighted by Crippen LogP contribution is 2.37. The summed E-state index contributed by atoms with van der Waals surface area (Å²) >= 11 is 0. The van der Waals surface area contributed by atoms with Gasteiger partial charge in [-0.25, -0.2) is 19.4 Å². The lowest BCUT2D eigenvalue weighted by Gasteiger charge is -2.34. The van der Waals surface area contributed by atoms with Crippen LogP contribution >= 0.6 is 0 Å². The standard InChI is InChI=1S/C28H37FN6O4/c1-5-39-28(36)21-14-23(34-9-6-18(7-10-34)15-37-4)25-26(17(2)3)33-35(27(25)32-21)19-12-20(31-24(29)13-19)22-16-38-11-8-30-22/h12-14,17-18,22,30H,5-11,15-16H2,1-4H3. The van der Waals surface area contributed by atoms with Gasteiger partial charge in [-0.3, -0.25) is 0 Å². The molecular formula is C28H37FN6O4. The summed E-state index contributed by atoms with van der Waals surface area (Å²) in [6.07, 6.45) is 1.96. The molecule has 0 aromatic carbocycles. The van der Waals surface area contributed by atoms with Crippen molar-refractivity contribution < 1.29 is 23.4 Å². The van der Waals surface area contributed by atoms with E-state index in [1.807, 2.05) is 6.07 Å². The Labute approximate surface area is 227 Å². The van der Waals surface area contributed by atoms with E-state index in [1.165, 1.54) is 6.07 Å². The van der Waals surface area contributed by atoms with E-state index in [4.69, 9.17) is 24.3 Å². The molecule has 0 saturated carbocycles. The molecule has 1 N–H and O–H groups in total. The number of carbonyl (C=O) groups is 1. The number of nitrogens with one attached hydrogen (secondary N) is 1. The molecule has 5 rings (SSSR count). The quantitative estimate of drug-likeness (QED) is 0.338. The van der Waals surface area contributed by atoms with E-state index in [0.29, 0.717) is 42.7 Å². The first-order chi connectivity index (χ1) is 18.9. The lowest BCUT2D eigenvalue weighted by molar-refractivity contribution is 0.0520. The fourth-order valence-corrected chi connectivity index (χ4v) is 5.40. The molecule has 10 nitrogen and oxygen atoms in total. The van der Waals surface area contributed by atoms with Gasteiger partial charge in [0.05, 0.1) is 54.0 Å². The molecule has 0 bridgehead atoms. The number of carbonyl (C=O) groups excluding carboxylic acids is 1. The number of ether oxygens (including phenoxy) is 3. The molecule has 3 aromatic rings. The minimum atomic E-state index is -0.619. The van der Waals surface area contributed by atoms with E-state index in [-0.39, 0.29) is 24.3 Å². The first-order valence-electron chi connectivity index (χ1n) is 13.7. The smallest absolute Gasteiger partial charge is 0.357 e.